The minimum Gasteiger partial charge on any atom is -0.304 e. The van der Waals surface area contributed by atoms with E-state index in [9.17, 15) is 0 Å². The van der Waals surface area contributed by atoms with Crippen molar-refractivity contribution in [1.29, 1.82) is 0 Å². The van der Waals surface area contributed by atoms with Gasteiger partial charge in [0.05, 0.1) is 0 Å². The molecule has 21 heavy (non-hydrogen) atoms. The van der Waals surface area contributed by atoms with Crippen molar-refractivity contribution < 1.29 is 0 Å². The van der Waals surface area contributed by atoms with E-state index >= 15 is 0 Å². The molecule has 1 fully saturated rings. The van der Waals surface area contributed by atoms with Gasteiger partial charge in [-0.05, 0) is 38.2 Å². The van der Waals surface area contributed by atoms with Gasteiger partial charge in [0.2, 0.25) is 0 Å². The SMILES string of the molecule is C=P(C)(C)c1cc(C)cc(CN2CCN(C)CC2)c1.CC. The van der Waals surface area contributed by atoms with Crippen LogP contribution in [0.5, 0.6) is 0 Å². The summed E-state index contributed by atoms with van der Waals surface area (Å²) >= 11 is 0. The maximum absolute atomic E-state index is 4.37. The highest BCUT2D eigenvalue weighted by molar-refractivity contribution is 7.79. The van der Waals surface area contributed by atoms with E-state index in [1.54, 1.807) is 0 Å². The first-order valence-corrected chi connectivity index (χ1v) is 10.9. The normalized spacial score (nSPS) is 17.2. The number of hydrogen-bond donors (Lipinski definition) is 0. The fraction of sp³-hybridized carbons (Fsp3) is 0.611. The van der Waals surface area contributed by atoms with Crippen molar-refractivity contribution in [1.82, 2.24) is 9.80 Å². The van der Waals surface area contributed by atoms with Crippen LogP contribution in [0, 0.1) is 6.92 Å². The number of nitrogens with zero attached hydrogens (tertiary/aromatic N) is 2. The second kappa shape index (κ2) is 8.17. The second-order valence-electron chi connectivity index (χ2n) is 6.44. The second-order valence-corrected chi connectivity index (χ2v) is 10.3. The number of piperazine rings is 1. The zero-order valence-electron chi connectivity index (χ0n) is 14.8. The molecular formula is C18H33N2P. The van der Waals surface area contributed by atoms with Crippen LogP contribution in [0.15, 0.2) is 18.2 Å². The summed E-state index contributed by atoms with van der Waals surface area (Å²) in [5.41, 5.74) is 2.83. The van der Waals surface area contributed by atoms with E-state index in [0.717, 1.165) is 6.54 Å². The van der Waals surface area contributed by atoms with Gasteiger partial charge in [-0.2, -0.15) is 0 Å². The van der Waals surface area contributed by atoms with Crippen molar-refractivity contribution in [3.05, 3.63) is 29.3 Å². The number of hydrogen-bond acceptors (Lipinski definition) is 2. The quantitative estimate of drug-likeness (QED) is 0.792. The van der Waals surface area contributed by atoms with Crippen molar-refractivity contribution in [2.24, 2.45) is 0 Å². The molecule has 0 saturated carbocycles. The van der Waals surface area contributed by atoms with Gasteiger partial charge in [-0.25, -0.2) is 0 Å². The summed E-state index contributed by atoms with van der Waals surface area (Å²) in [7, 11) is 2.21. The third kappa shape index (κ3) is 5.98. The molecule has 0 radical (unpaired) electrons. The summed E-state index contributed by atoms with van der Waals surface area (Å²) < 4.78 is 0. The smallest absolute Gasteiger partial charge is 0.0235 e. The summed E-state index contributed by atoms with van der Waals surface area (Å²) in [6.45, 7) is 15.5. The Morgan fingerprint density at radius 1 is 1.05 bits per heavy atom. The molecule has 2 rings (SSSR count). The lowest BCUT2D eigenvalue weighted by atomic mass is 10.1. The van der Waals surface area contributed by atoms with Gasteiger partial charge in [0.25, 0.3) is 0 Å². The number of benzene rings is 1. The van der Waals surface area contributed by atoms with E-state index in [1.165, 1.54) is 42.6 Å². The first kappa shape index (κ1) is 18.5. The topological polar surface area (TPSA) is 6.48 Å². The average Bonchev–Trinajstić information content (AvgIpc) is 2.42. The van der Waals surface area contributed by atoms with Crippen LogP contribution in [-0.4, -0.2) is 62.7 Å². The molecule has 1 heterocycles. The number of aryl methyl sites for hydroxylation is 1. The first-order valence-electron chi connectivity index (χ1n) is 8.05. The number of rotatable bonds is 3. The Balaban J connectivity index is 0.00000106. The average molecular weight is 308 g/mol. The maximum atomic E-state index is 4.37. The Bertz CT molecular complexity index is 482. The van der Waals surface area contributed by atoms with Crippen LogP contribution < -0.4 is 5.30 Å². The maximum Gasteiger partial charge on any atom is 0.0235 e. The Hall–Kier alpha value is -0.560. The molecule has 0 atom stereocenters. The standard InChI is InChI=1S/C16H27N2P.C2H6/c1-14-10-15(12-16(11-14)19(3,4)5)13-18-8-6-17(2)7-9-18;1-2/h10-12H,3,6-9,13H2,1-2,4-5H3;1-2H3. The molecule has 0 amide bonds. The molecule has 1 saturated heterocycles. The molecule has 1 aromatic rings. The van der Waals surface area contributed by atoms with E-state index in [2.05, 4.69) is 61.6 Å². The van der Waals surface area contributed by atoms with E-state index in [1.807, 2.05) is 13.8 Å². The Morgan fingerprint density at radius 3 is 2.14 bits per heavy atom. The van der Waals surface area contributed by atoms with Crippen LogP contribution in [0.1, 0.15) is 25.0 Å². The summed E-state index contributed by atoms with van der Waals surface area (Å²) in [5, 5.41) is 1.46. The summed E-state index contributed by atoms with van der Waals surface area (Å²) in [5.74, 6) is 0. The minimum atomic E-state index is -1.16. The molecule has 3 heteroatoms. The lowest BCUT2D eigenvalue weighted by Gasteiger charge is -2.32. The molecule has 1 aliphatic rings. The molecule has 1 aromatic carbocycles. The Labute approximate surface area is 132 Å². The van der Waals surface area contributed by atoms with Gasteiger partial charge in [0, 0.05) is 32.7 Å². The summed E-state index contributed by atoms with van der Waals surface area (Å²) in [4.78, 5) is 4.97. The third-order valence-electron chi connectivity index (χ3n) is 3.82. The predicted molar refractivity (Wildman–Crippen MR) is 101 cm³/mol. The molecule has 0 aliphatic carbocycles. The molecule has 0 unspecified atom stereocenters. The lowest BCUT2D eigenvalue weighted by molar-refractivity contribution is 0.148. The van der Waals surface area contributed by atoms with Crippen molar-refractivity contribution >= 4 is 18.5 Å². The highest BCUT2D eigenvalue weighted by Gasteiger charge is 2.14. The number of likely N-dealkylation sites (N-methyl/N-ethyl adjacent to an activating group) is 1. The Kier molecular flexibility index (Phi) is 7.20. The fourth-order valence-corrected chi connectivity index (χ4v) is 3.61. The monoisotopic (exact) mass is 308 g/mol. The zero-order valence-corrected chi connectivity index (χ0v) is 15.7. The third-order valence-corrected chi connectivity index (χ3v) is 5.48. The van der Waals surface area contributed by atoms with Crippen molar-refractivity contribution in [3.8, 4) is 0 Å². The van der Waals surface area contributed by atoms with Crippen LogP contribution in [0.4, 0.5) is 0 Å². The summed E-state index contributed by atoms with van der Waals surface area (Å²) in [6, 6.07) is 7.03. The molecule has 0 N–H and O–H groups in total. The molecule has 0 bridgehead atoms. The van der Waals surface area contributed by atoms with Crippen LogP contribution in [0.3, 0.4) is 0 Å². The molecule has 0 spiro atoms. The van der Waals surface area contributed by atoms with Gasteiger partial charge in [0.1, 0.15) is 0 Å². The van der Waals surface area contributed by atoms with Crippen LogP contribution in [0.2, 0.25) is 0 Å². The van der Waals surface area contributed by atoms with Crippen LogP contribution >= 0.6 is 6.89 Å². The van der Waals surface area contributed by atoms with E-state index < -0.39 is 6.89 Å². The predicted octanol–water partition coefficient (Wildman–Crippen LogP) is 3.10. The van der Waals surface area contributed by atoms with Crippen molar-refractivity contribution in [3.63, 3.8) is 0 Å². The molecule has 1 aliphatic heterocycles. The summed E-state index contributed by atoms with van der Waals surface area (Å²) in [6.07, 6.45) is 4.37. The first-order chi connectivity index (χ1) is 9.84. The highest BCUT2D eigenvalue weighted by atomic mass is 31.2. The van der Waals surface area contributed by atoms with E-state index in [-0.39, 0.29) is 0 Å². The van der Waals surface area contributed by atoms with Gasteiger partial charge in [-0.1, -0.05) is 50.8 Å². The molecule has 2 nitrogen and oxygen atoms in total. The lowest BCUT2D eigenvalue weighted by Crippen LogP contribution is -2.43. The van der Waals surface area contributed by atoms with E-state index in [0.29, 0.717) is 0 Å². The fourth-order valence-electron chi connectivity index (χ4n) is 2.55. The highest BCUT2D eigenvalue weighted by Crippen LogP contribution is 2.34. The van der Waals surface area contributed by atoms with Gasteiger partial charge in [-0.15, -0.1) is 0 Å². The largest absolute Gasteiger partial charge is 0.304 e. The minimum absolute atomic E-state index is 1.09. The van der Waals surface area contributed by atoms with Crippen LogP contribution in [0.25, 0.3) is 0 Å². The van der Waals surface area contributed by atoms with Crippen LogP contribution in [-0.2, 0) is 6.54 Å². The zero-order chi connectivity index (χ0) is 16.0. The van der Waals surface area contributed by atoms with Gasteiger partial charge >= 0.3 is 0 Å². The molecular weight excluding hydrogens is 275 g/mol. The molecule has 120 valence electrons. The van der Waals surface area contributed by atoms with Gasteiger partial charge in [-0.3, -0.25) is 4.90 Å². The molecule has 0 aromatic heterocycles. The van der Waals surface area contributed by atoms with Gasteiger partial charge in [0.15, 0.2) is 0 Å². The Morgan fingerprint density at radius 2 is 1.62 bits per heavy atom. The van der Waals surface area contributed by atoms with Crippen molar-refractivity contribution in [2.75, 3.05) is 46.6 Å². The van der Waals surface area contributed by atoms with Crippen molar-refractivity contribution in [2.45, 2.75) is 27.3 Å². The van der Waals surface area contributed by atoms with Gasteiger partial charge < -0.3 is 4.90 Å². The van der Waals surface area contributed by atoms with E-state index in [4.69, 9.17) is 0 Å².